The topological polar surface area (TPSA) is 136 Å². The van der Waals surface area contributed by atoms with Crippen LogP contribution in [0.3, 0.4) is 0 Å². The first-order chi connectivity index (χ1) is 10.0. The van der Waals surface area contributed by atoms with Gasteiger partial charge in [0.2, 0.25) is 0 Å². The van der Waals surface area contributed by atoms with Crippen LogP contribution in [-0.2, 0) is 4.74 Å². The highest BCUT2D eigenvalue weighted by Gasteiger charge is 2.40. The first-order valence-electron chi connectivity index (χ1n) is 5.97. The minimum atomic E-state index is -1.43. The molecule has 1 unspecified atom stereocenters. The number of hydrogen-bond donors (Lipinski definition) is 5. The van der Waals surface area contributed by atoms with E-state index in [-0.39, 0.29) is 29.4 Å². The Labute approximate surface area is 130 Å². The van der Waals surface area contributed by atoms with Crippen molar-refractivity contribution in [1.82, 2.24) is 19.9 Å². The van der Waals surface area contributed by atoms with Gasteiger partial charge < -0.3 is 25.0 Å². The summed E-state index contributed by atoms with van der Waals surface area (Å²) < 4.78 is 18.6. The average Bonchev–Trinajstić information content (AvgIpc) is 2.84. The van der Waals surface area contributed by atoms with Gasteiger partial charge in [-0.05, 0) is 22.6 Å². The Hall–Kier alpha value is -1.15. The molecule has 114 valence electrons. The van der Waals surface area contributed by atoms with Crippen molar-refractivity contribution < 1.29 is 24.5 Å². The van der Waals surface area contributed by atoms with Crippen LogP contribution in [0.25, 0.3) is 11.2 Å². The molecule has 1 aliphatic heterocycles. The van der Waals surface area contributed by atoms with E-state index in [1.165, 1.54) is 5.54 Å². The molecule has 0 aliphatic carbocycles. The van der Waals surface area contributed by atoms with Crippen LogP contribution in [0.1, 0.15) is 11.9 Å². The molecule has 0 radical (unpaired) electrons. The van der Waals surface area contributed by atoms with E-state index in [0.29, 0.717) is 3.83 Å². The number of aromatic nitrogens is 4. The largest absolute Gasteiger partial charge is 0.388 e. The molecule has 3 rings (SSSR count). The minimum Gasteiger partial charge on any atom is -0.388 e. The number of anilines is 1. The Bertz CT molecular complexity index is 670. The van der Waals surface area contributed by atoms with Crippen molar-refractivity contribution in [2.45, 2.75) is 24.4 Å². The second-order valence-corrected chi connectivity index (χ2v) is 5.58. The number of aromatic amines is 1. The third-order valence-electron chi connectivity index (χ3n) is 3.18. The summed E-state index contributed by atoms with van der Waals surface area (Å²) in [6.07, 6.45) is -5.12. The summed E-state index contributed by atoms with van der Waals surface area (Å²) in [5, 5.41) is 29.0. The number of aliphatic hydroxyl groups is 3. The van der Waals surface area contributed by atoms with E-state index in [2.05, 4.69) is 19.9 Å². The summed E-state index contributed by atoms with van der Waals surface area (Å²) in [6, 6.07) is 0. The van der Waals surface area contributed by atoms with Crippen LogP contribution in [0.15, 0.2) is 0 Å². The number of aliphatic hydroxyl groups excluding tert-OH is 3. The highest BCUT2D eigenvalue weighted by atomic mass is 127. The van der Waals surface area contributed by atoms with Gasteiger partial charge in [-0.25, -0.2) is 20.5 Å². The molecule has 21 heavy (non-hydrogen) atoms. The van der Waals surface area contributed by atoms with E-state index >= 15 is 0 Å². The quantitative estimate of drug-likeness (QED) is 0.251. The molecule has 1 saturated heterocycles. The van der Waals surface area contributed by atoms with E-state index in [1.807, 2.05) is 22.6 Å². The van der Waals surface area contributed by atoms with Gasteiger partial charge in [-0.15, -0.1) is 4.48 Å². The molecule has 0 spiro atoms. The van der Waals surface area contributed by atoms with Crippen LogP contribution >= 0.6 is 22.6 Å². The molecule has 1 aliphatic rings. The number of nitrogens with one attached hydrogen (secondary N) is 2. The van der Waals surface area contributed by atoms with Gasteiger partial charge in [-0.2, -0.15) is 0 Å². The molecular formula is C10H11FIN5O4. The lowest BCUT2D eigenvalue weighted by Crippen LogP contribution is -2.49. The Kier molecular flexibility index (Phi) is 3.92. The maximum Gasteiger partial charge on any atom is 0.184 e. The highest BCUT2D eigenvalue weighted by Crippen LogP contribution is 2.29. The maximum absolute atomic E-state index is 12.9. The van der Waals surface area contributed by atoms with Crippen LogP contribution in [0.4, 0.5) is 10.3 Å². The Balaban J connectivity index is 2.04. The molecule has 0 amide bonds. The van der Waals surface area contributed by atoms with Crippen molar-refractivity contribution in [1.29, 1.82) is 0 Å². The van der Waals surface area contributed by atoms with Crippen LogP contribution in [0.5, 0.6) is 0 Å². The minimum absolute atomic E-state index is 0.0380. The number of nitrogens with zero attached hydrogens (tertiary/aromatic N) is 3. The number of fused-ring (bicyclic) bond motifs is 1. The number of H-pyrrole nitrogens is 1. The molecule has 2 aromatic rings. The Morgan fingerprint density at radius 3 is 2.71 bits per heavy atom. The first kappa shape index (κ1) is 14.8. The lowest BCUT2D eigenvalue weighted by Gasteiger charge is -2.34. The maximum atomic E-state index is 12.9. The molecule has 1 fully saturated rings. The second-order valence-electron chi connectivity index (χ2n) is 4.55. The van der Waals surface area contributed by atoms with Crippen molar-refractivity contribution in [2.24, 2.45) is 0 Å². The lowest BCUT2D eigenvalue weighted by atomic mass is 9.99. The zero-order valence-corrected chi connectivity index (χ0v) is 12.5. The van der Waals surface area contributed by atoms with Crippen molar-refractivity contribution in [3.8, 4) is 0 Å². The molecule has 11 heteroatoms. The third kappa shape index (κ3) is 2.55. The fraction of sp³-hybridized carbons (Fsp3) is 0.500. The zero-order valence-electron chi connectivity index (χ0n) is 10.4. The van der Waals surface area contributed by atoms with Crippen molar-refractivity contribution in [3.63, 3.8) is 0 Å². The summed E-state index contributed by atoms with van der Waals surface area (Å²) in [4.78, 5) is 14.9. The molecular weight excluding hydrogens is 400 g/mol. The summed E-state index contributed by atoms with van der Waals surface area (Å²) in [7, 11) is 0. The molecule has 3 heterocycles. The fourth-order valence-corrected chi connectivity index (χ4v) is 2.61. The molecule has 0 saturated carbocycles. The van der Waals surface area contributed by atoms with E-state index in [1.54, 1.807) is 0 Å². The summed E-state index contributed by atoms with van der Waals surface area (Å²) in [6.45, 7) is -0.194. The van der Waals surface area contributed by atoms with E-state index in [0.717, 1.165) is 0 Å². The third-order valence-corrected chi connectivity index (χ3v) is 3.70. The van der Waals surface area contributed by atoms with Crippen molar-refractivity contribution in [3.05, 3.63) is 9.66 Å². The lowest BCUT2D eigenvalue weighted by molar-refractivity contribution is -0.191. The molecule has 4 atom stereocenters. The molecule has 2 aromatic heterocycles. The predicted molar refractivity (Wildman–Crippen MR) is 75.8 cm³/mol. The van der Waals surface area contributed by atoms with Gasteiger partial charge >= 0.3 is 0 Å². The number of ether oxygens (including phenoxy) is 1. The monoisotopic (exact) mass is 411 g/mol. The van der Waals surface area contributed by atoms with Gasteiger partial charge in [-0.3, -0.25) is 0 Å². The van der Waals surface area contributed by atoms with E-state index in [4.69, 9.17) is 4.74 Å². The molecule has 9 nitrogen and oxygen atoms in total. The molecule has 5 N–H and O–H groups in total. The number of halogens is 2. The van der Waals surface area contributed by atoms with E-state index in [9.17, 15) is 19.8 Å². The number of hydrogen-bond acceptors (Lipinski definition) is 8. The van der Waals surface area contributed by atoms with Crippen LogP contribution in [0.2, 0.25) is 0 Å². The molecule has 0 bridgehead atoms. The summed E-state index contributed by atoms with van der Waals surface area (Å²) >= 11 is 1.90. The highest BCUT2D eigenvalue weighted by molar-refractivity contribution is 14.1. The zero-order chi connectivity index (χ0) is 15.1. The smallest absolute Gasteiger partial charge is 0.184 e. The van der Waals surface area contributed by atoms with Crippen LogP contribution in [0, 0.1) is 3.83 Å². The van der Waals surface area contributed by atoms with Gasteiger partial charge in [0.1, 0.15) is 29.9 Å². The Morgan fingerprint density at radius 2 is 2.00 bits per heavy atom. The fourth-order valence-electron chi connectivity index (χ4n) is 2.11. The van der Waals surface area contributed by atoms with E-state index < -0.39 is 24.4 Å². The van der Waals surface area contributed by atoms with Gasteiger partial charge in [0.15, 0.2) is 21.1 Å². The van der Waals surface area contributed by atoms with Gasteiger partial charge in [0.05, 0.1) is 6.61 Å². The van der Waals surface area contributed by atoms with Crippen molar-refractivity contribution in [2.75, 3.05) is 12.1 Å². The van der Waals surface area contributed by atoms with Gasteiger partial charge in [-0.1, -0.05) is 0 Å². The Morgan fingerprint density at radius 1 is 1.24 bits per heavy atom. The van der Waals surface area contributed by atoms with Crippen molar-refractivity contribution >= 4 is 39.6 Å². The second kappa shape index (κ2) is 5.57. The number of rotatable bonds is 2. The van der Waals surface area contributed by atoms with Crippen LogP contribution in [-0.4, -0.2) is 60.2 Å². The molecule has 0 aromatic carbocycles. The summed E-state index contributed by atoms with van der Waals surface area (Å²) in [5.74, 6) is -0.189. The predicted octanol–water partition coefficient (Wildman–Crippen LogP) is -0.592. The van der Waals surface area contributed by atoms with Gasteiger partial charge in [0, 0.05) is 0 Å². The average molecular weight is 411 g/mol. The summed E-state index contributed by atoms with van der Waals surface area (Å²) in [5.41, 5.74) is 1.89. The standard InChI is InChI=1S/C10H11FIN5O4/c11-17-8-3-7(16-10(12)13-3)14-9(15-8)6-5(20)4(19)2(18)1-21-6/h2,4-6,18-20H,1H2,(H2,13,14,15,16,17)/t2-,4-,5+,6?/m1/s1. The SMILES string of the molecule is O[C@@H]1[C@H](O)COC(c2nc(NF)c3[nH]c(I)nc3n2)[C@H]1O. The van der Waals surface area contributed by atoms with Gasteiger partial charge in [0.25, 0.3) is 0 Å². The number of imidazole rings is 1. The van der Waals surface area contributed by atoms with Crippen LogP contribution < -0.4 is 5.54 Å². The normalized spacial score (nSPS) is 29.8. The first-order valence-corrected chi connectivity index (χ1v) is 7.04.